The Balaban J connectivity index is 0.00000144. The molecule has 0 unspecified atom stereocenters. The summed E-state index contributed by atoms with van der Waals surface area (Å²) in [5.74, 6) is 0.405. The molecule has 0 spiro atoms. The number of rotatable bonds is 3. The number of benzene rings is 1. The Bertz CT molecular complexity index is 278. The van der Waals surface area contributed by atoms with Gasteiger partial charge in [0.15, 0.2) is 0 Å². The summed E-state index contributed by atoms with van der Waals surface area (Å²) in [5.41, 5.74) is 0.869. The van der Waals surface area contributed by atoms with Crippen LogP contribution >= 0.6 is 0 Å². The number of hydrogen-bond acceptors (Lipinski definition) is 3. The normalized spacial score (nSPS) is 8.46. The zero-order valence-electron chi connectivity index (χ0n) is 6.47. The first-order chi connectivity index (χ1) is 5.72. The van der Waals surface area contributed by atoms with Crippen molar-refractivity contribution in [2.24, 2.45) is 0 Å². The fourth-order valence-electron chi connectivity index (χ4n) is 0.837. The van der Waals surface area contributed by atoms with Crippen molar-refractivity contribution >= 4 is 43.0 Å². The first-order valence-electron chi connectivity index (χ1n) is 3.47. The first kappa shape index (κ1) is 12.7. The molecule has 0 heterocycles. The van der Waals surface area contributed by atoms with Crippen molar-refractivity contribution in [2.75, 3.05) is 0 Å². The minimum atomic E-state index is -1.77. The van der Waals surface area contributed by atoms with Crippen molar-refractivity contribution < 1.29 is 14.7 Å². The molecule has 0 aliphatic carbocycles. The number of hydrogen-bond donors (Lipinski definition) is 2. The molecule has 0 aliphatic rings. The summed E-state index contributed by atoms with van der Waals surface area (Å²) in [6.45, 7) is 3.57. The molecule has 1 rings (SSSR count). The molecule has 1 aromatic rings. The van der Waals surface area contributed by atoms with Gasteiger partial charge in [-0.15, -0.1) is 0 Å². The van der Waals surface area contributed by atoms with Crippen LogP contribution in [0, 0.1) is 0 Å². The Morgan fingerprint density at radius 2 is 2.08 bits per heavy atom. The Kier molecular flexibility index (Phi) is 6.11. The van der Waals surface area contributed by atoms with E-state index in [4.69, 9.17) is 10.0 Å². The molecule has 0 aromatic heterocycles. The maximum atomic E-state index is 8.48. The first-order valence-corrected chi connectivity index (χ1v) is 3.47. The van der Waals surface area contributed by atoms with Gasteiger partial charge in [0, 0.05) is 0 Å². The average Bonchev–Trinajstić information content (AvgIpc) is 2.03. The molecule has 2 N–H and O–H groups in total. The monoisotopic (exact) mass is 188 g/mol. The van der Waals surface area contributed by atoms with Gasteiger partial charge < -0.3 is 14.7 Å². The van der Waals surface area contributed by atoms with Crippen LogP contribution in [0.3, 0.4) is 0 Å². The molecule has 64 valence electrons. The van der Waals surface area contributed by atoms with E-state index in [1.807, 2.05) is 6.07 Å². The third-order valence-electron chi connectivity index (χ3n) is 1.34. The quantitative estimate of drug-likeness (QED) is 0.657. The van der Waals surface area contributed by atoms with Crippen LogP contribution in [0.5, 0.6) is 5.75 Å². The van der Waals surface area contributed by atoms with Crippen molar-refractivity contribution in [2.45, 2.75) is 0 Å². The third-order valence-corrected chi connectivity index (χ3v) is 1.34. The Morgan fingerprint density at radius 1 is 1.38 bits per heavy atom. The summed E-state index contributed by atoms with van der Waals surface area (Å²) in [5, 5.41) is 17.0. The van der Waals surface area contributed by atoms with E-state index in [1.54, 1.807) is 24.3 Å². The van der Waals surface area contributed by atoms with Crippen molar-refractivity contribution in [3.63, 3.8) is 0 Å². The zero-order chi connectivity index (χ0) is 8.97. The van der Waals surface area contributed by atoms with Gasteiger partial charge in [-0.25, -0.2) is 0 Å². The molecule has 0 amide bonds. The van der Waals surface area contributed by atoms with Crippen LogP contribution in [-0.2, 0) is 0 Å². The molecule has 0 fully saturated rings. The van der Waals surface area contributed by atoms with Crippen LogP contribution < -0.4 is 4.65 Å². The van der Waals surface area contributed by atoms with Gasteiger partial charge in [-0.3, -0.25) is 0 Å². The predicted molar refractivity (Wildman–Crippen MR) is 54.5 cm³/mol. The molecule has 3 nitrogen and oxygen atoms in total. The zero-order valence-corrected chi connectivity index (χ0v) is 6.47. The Labute approximate surface area is 99.5 Å². The van der Waals surface area contributed by atoms with E-state index in [1.165, 1.54) is 0 Å². The van der Waals surface area contributed by atoms with Crippen molar-refractivity contribution in [1.82, 2.24) is 0 Å². The molecule has 0 atom stereocenters. The second-order valence-corrected chi connectivity index (χ2v) is 2.22. The second-order valence-electron chi connectivity index (χ2n) is 2.22. The minimum absolute atomic E-state index is 0. The molecule has 0 aliphatic heterocycles. The van der Waals surface area contributed by atoms with Gasteiger partial charge in [-0.05, 0) is 17.7 Å². The summed E-state index contributed by atoms with van der Waals surface area (Å²) < 4.78 is 4.62. The van der Waals surface area contributed by atoms with Crippen LogP contribution in [-0.4, -0.2) is 46.9 Å². The van der Waals surface area contributed by atoms with Crippen molar-refractivity contribution in [3.05, 3.63) is 36.4 Å². The van der Waals surface area contributed by atoms with Crippen LogP contribution in [0.15, 0.2) is 30.8 Å². The van der Waals surface area contributed by atoms with Gasteiger partial charge >= 0.3 is 36.9 Å². The van der Waals surface area contributed by atoms with Gasteiger partial charge in [0.1, 0.15) is 5.75 Å². The van der Waals surface area contributed by atoms with E-state index in [0.717, 1.165) is 5.56 Å². The maximum absolute atomic E-state index is 8.48. The summed E-state index contributed by atoms with van der Waals surface area (Å²) >= 11 is 0. The molecule has 1 aromatic carbocycles. The van der Waals surface area contributed by atoms with Crippen LogP contribution in [0.4, 0.5) is 0 Å². The van der Waals surface area contributed by atoms with Gasteiger partial charge in [-0.1, -0.05) is 24.8 Å². The fraction of sp³-hybridized carbons (Fsp3) is 0. The average molecular weight is 188 g/mol. The standard InChI is InChI=1S/C8H9BO3.Na.H/c1-2-7-4-3-5-8(6-7)12-9(10)11;;/h2-6,10-11H,1H2;;. The van der Waals surface area contributed by atoms with Crippen molar-refractivity contribution in [3.8, 4) is 5.75 Å². The van der Waals surface area contributed by atoms with E-state index in [-0.39, 0.29) is 29.6 Å². The molecule has 0 bridgehead atoms. The Morgan fingerprint density at radius 3 is 2.62 bits per heavy atom. The summed E-state index contributed by atoms with van der Waals surface area (Å²) in [4.78, 5) is 0. The van der Waals surface area contributed by atoms with E-state index in [9.17, 15) is 0 Å². The van der Waals surface area contributed by atoms with Gasteiger partial charge in [0.2, 0.25) is 0 Å². The predicted octanol–water partition coefficient (Wildman–Crippen LogP) is 0.0294. The van der Waals surface area contributed by atoms with E-state index >= 15 is 0 Å². The summed E-state index contributed by atoms with van der Waals surface area (Å²) in [6, 6.07) is 6.87. The fourth-order valence-corrected chi connectivity index (χ4v) is 0.837. The van der Waals surface area contributed by atoms with E-state index in [0.29, 0.717) is 5.75 Å². The van der Waals surface area contributed by atoms with Crippen LogP contribution in [0.1, 0.15) is 5.56 Å². The molecule has 5 heteroatoms. The second kappa shape index (κ2) is 6.24. The van der Waals surface area contributed by atoms with Crippen molar-refractivity contribution in [1.29, 1.82) is 0 Å². The SMILES string of the molecule is C=Cc1cccc(OB(O)O)c1.[NaH]. The van der Waals surface area contributed by atoms with Gasteiger partial charge in [0.25, 0.3) is 0 Å². The topological polar surface area (TPSA) is 49.7 Å². The molecule has 0 radical (unpaired) electrons. The Hall–Kier alpha value is -0.255. The summed E-state index contributed by atoms with van der Waals surface area (Å²) in [6.07, 6.45) is 1.65. The molecule has 0 saturated heterocycles. The molecular weight excluding hydrogens is 178 g/mol. The van der Waals surface area contributed by atoms with Crippen LogP contribution in [0.25, 0.3) is 6.08 Å². The van der Waals surface area contributed by atoms with E-state index in [2.05, 4.69) is 11.2 Å². The van der Waals surface area contributed by atoms with E-state index < -0.39 is 7.32 Å². The summed E-state index contributed by atoms with van der Waals surface area (Å²) in [7, 11) is -1.77. The van der Waals surface area contributed by atoms with Gasteiger partial charge in [-0.2, -0.15) is 0 Å². The van der Waals surface area contributed by atoms with Crippen LogP contribution in [0.2, 0.25) is 0 Å². The molecule has 13 heavy (non-hydrogen) atoms. The van der Waals surface area contributed by atoms with Gasteiger partial charge in [0.05, 0.1) is 0 Å². The third kappa shape index (κ3) is 4.50. The molecular formula is C8H10BNaO3. The molecule has 0 saturated carbocycles.